The van der Waals surface area contributed by atoms with E-state index in [2.05, 4.69) is 255 Å². The van der Waals surface area contributed by atoms with E-state index in [1.165, 1.54) is 108 Å². The van der Waals surface area contributed by atoms with E-state index >= 15 is 0 Å². The Bertz CT molecular complexity index is 3970. The summed E-state index contributed by atoms with van der Waals surface area (Å²) < 4.78 is 2.62. The Morgan fingerprint density at radius 3 is 1.66 bits per heavy atom. The first kappa shape index (κ1) is 39.2. The Balaban J connectivity index is 1.03. The van der Waals surface area contributed by atoms with Gasteiger partial charge in [0, 0.05) is 42.5 Å². The van der Waals surface area contributed by atoms with Crippen LogP contribution in [0, 0.1) is 0 Å². The van der Waals surface area contributed by atoms with Crippen molar-refractivity contribution >= 4 is 70.1 Å². The fourth-order valence-electron chi connectivity index (χ4n) is 12.2. The van der Waals surface area contributed by atoms with Crippen molar-refractivity contribution in [3.63, 3.8) is 0 Å². The molecule has 0 amide bonds. The van der Waals surface area contributed by atoms with Crippen molar-refractivity contribution in [2.24, 2.45) is 0 Å². The van der Waals surface area contributed by atoms with E-state index in [1.54, 1.807) is 0 Å². The van der Waals surface area contributed by atoms with E-state index < -0.39 is 5.41 Å². The smallest absolute Gasteiger partial charge is 0.0714 e. The highest BCUT2D eigenvalue weighted by Crippen LogP contribution is 2.58. The van der Waals surface area contributed by atoms with Crippen molar-refractivity contribution in [1.82, 2.24) is 0 Å². The molecule has 0 radical (unpaired) electrons. The third-order valence-corrected chi connectivity index (χ3v) is 16.4. The van der Waals surface area contributed by atoms with Gasteiger partial charge in [-0.1, -0.05) is 190 Å². The van der Waals surface area contributed by atoms with Gasteiger partial charge in [0.25, 0.3) is 0 Å². The average Bonchev–Trinajstić information content (AvgIpc) is 3.99. The molecular formula is C66H45NS. The summed E-state index contributed by atoms with van der Waals surface area (Å²) in [6.07, 6.45) is 0. The van der Waals surface area contributed by atoms with Gasteiger partial charge < -0.3 is 4.90 Å². The van der Waals surface area contributed by atoms with Gasteiger partial charge in [-0.25, -0.2) is 0 Å². The van der Waals surface area contributed by atoms with Crippen LogP contribution in [-0.2, 0) is 10.8 Å². The molecule has 2 heteroatoms. The molecule has 68 heavy (non-hydrogen) atoms. The largest absolute Gasteiger partial charge is 0.310 e. The number of fused-ring (bicyclic) bond motifs is 12. The lowest BCUT2D eigenvalue weighted by Gasteiger charge is -2.35. The first-order valence-electron chi connectivity index (χ1n) is 23.7. The molecule has 0 spiro atoms. The Labute approximate surface area is 400 Å². The maximum Gasteiger partial charge on any atom is 0.0714 e. The zero-order valence-electron chi connectivity index (χ0n) is 37.9. The standard InChI is InChI=1S/C66H45NS/c1-65(2)58-39-44-19-10-9-18-43(44)37-55(58)54-34-32-48(40-59(54)65)67(61-28-16-14-24-50(61)45-30-35-62-56(38-45)64-51-25-12-11-17-42(51)29-36-63(64)68-62)49-31-33-53-52-26-13-15-27-57(52)66(60(53)41-49,46-20-5-3-6-21-46)47-22-7-4-8-23-47/h3-41H,1-2H3. The lowest BCUT2D eigenvalue weighted by Crippen LogP contribution is -2.28. The lowest BCUT2D eigenvalue weighted by molar-refractivity contribution is 0.661. The molecule has 2 aliphatic rings. The van der Waals surface area contributed by atoms with Gasteiger partial charge in [-0.2, -0.15) is 0 Å². The number of thiophene rings is 1. The molecule has 0 bridgehead atoms. The van der Waals surface area contributed by atoms with Gasteiger partial charge in [-0.05, 0) is 143 Å². The second kappa shape index (κ2) is 14.7. The van der Waals surface area contributed by atoms with Crippen molar-refractivity contribution in [1.29, 1.82) is 0 Å². The third kappa shape index (κ3) is 5.56. The fourth-order valence-corrected chi connectivity index (χ4v) is 13.3. The van der Waals surface area contributed by atoms with E-state index in [0.29, 0.717) is 0 Å². The van der Waals surface area contributed by atoms with E-state index in [0.717, 1.165) is 17.1 Å². The van der Waals surface area contributed by atoms with E-state index in [9.17, 15) is 0 Å². The number of hydrogen-bond donors (Lipinski definition) is 0. The molecule has 1 nitrogen and oxygen atoms in total. The van der Waals surface area contributed by atoms with E-state index in [4.69, 9.17) is 0 Å². The molecule has 320 valence electrons. The van der Waals surface area contributed by atoms with Gasteiger partial charge >= 0.3 is 0 Å². The number of para-hydroxylation sites is 1. The Morgan fingerprint density at radius 2 is 0.912 bits per heavy atom. The number of anilines is 3. The van der Waals surface area contributed by atoms with Crippen molar-refractivity contribution < 1.29 is 0 Å². The number of benzene rings is 11. The first-order chi connectivity index (χ1) is 33.5. The Kier molecular flexibility index (Phi) is 8.48. The molecule has 12 aromatic rings. The maximum atomic E-state index is 2.54. The summed E-state index contributed by atoms with van der Waals surface area (Å²) in [6.45, 7) is 4.80. The van der Waals surface area contributed by atoms with E-state index in [1.807, 2.05) is 11.3 Å². The van der Waals surface area contributed by atoms with Crippen LogP contribution in [0.4, 0.5) is 17.1 Å². The minimum absolute atomic E-state index is 0.209. The molecular weight excluding hydrogens is 839 g/mol. The summed E-state index contributed by atoms with van der Waals surface area (Å²) in [5, 5.41) is 7.77. The monoisotopic (exact) mass is 883 g/mol. The summed E-state index contributed by atoms with van der Waals surface area (Å²) in [5.41, 5.74) is 18.1. The Hall–Kier alpha value is -8.04. The normalized spacial score (nSPS) is 14.0. The van der Waals surface area contributed by atoms with Gasteiger partial charge in [-0.15, -0.1) is 11.3 Å². The van der Waals surface area contributed by atoms with Crippen molar-refractivity contribution in [2.75, 3.05) is 4.90 Å². The maximum absolute atomic E-state index is 2.54. The summed E-state index contributed by atoms with van der Waals surface area (Å²) in [7, 11) is 0. The second-order valence-electron chi connectivity index (χ2n) is 19.2. The highest BCUT2D eigenvalue weighted by Gasteiger charge is 2.46. The third-order valence-electron chi connectivity index (χ3n) is 15.3. The molecule has 0 saturated heterocycles. The SMILES string of the molecule is CC1(C)c2cc(N(c3ccc4c(c3)C(c3ccccc3)(c3ccccc3)c3ccccc3-4)c3ccccc3-c3ccc4sc5ccc6ccccc6c5c4c3)ccc2-c2cc3ccccc3cc21. The van der Waals surface area contributed by atoms with E-state index in [-0.39, 0.29) is 5.41 Å². The summed E-state index contributed by atoms with van der Waals surface area (Å²) >= 11 is 1.88. The minimum Gasteiger partial charge on any atom is -0.310 e. The van der Waals surface area contributed by atoms with Crippen LogP contribution in [-0.4, -0.2) is 0 Å². The van der Waals surface area contributed by atoms with Crippen LogP contribution < -0.4 is 4.90 Å². The van der Waals surface area contributed by atoms with Crippen LogP contribution in [0.1, 0.15) is 47.2 Å². The quantitative estimate of drug-likeness (QED) is 0.161. The predicted molar refractivity (Wildman–Crippen MR) is 289 cm³/mol. The minimum atomic E-state index is -0.535. The summed E-state index contributed by atoms with van der Waals surface area (Å²) in [5.74, 6) is 0. The van der Waals surface area contributed by atoms with Gasteiger partial charge in [0.05, 0.1) is 11.1 Å². The van der Waals surface area contributed by atoms with Crippen LogP contribution in [0.3, 0.4) is 0 Å². The van der Waals surface area contributed by atoms with Crippen molar-refractivity contribution in [3.8, 4) is 33.4 Å². The second-order valence-corrected chi connectivity index (χ2v) is 20.3. The number of nitrogens with zero attached hydrogens (tertiary/aromatic N) is 1. The molecule has 0 N–H and O–H groups in total. The van der Waals surface area contributed by atoms with Crippen LogP contribution in [0.25, 0.3) is 75.1 Å². The first-order valence-corrected chi connectivity index (χ1v) is 24.6. The number of rotatable bonds is 6. The number of hydrogen-bond acceptors (Lipinski definition) is 2. The Morgan fingerprint density at radius 1 is 0.353 bits per heavy atom. The predicted octanol–water partition coefficient (Wildman–Crippen LogP) is 18.2. The van der Waals surface area contributed by atoms with Gasteiger partial charge in [0.1, 0.15) is 0 Å². The molecule has 0 saturated carbocycles. The molecule has 1 aromatic heterocycles. The van der Waals surface area contributed by atoms with Crippen LogP contribution >= 0.6 is 11.3 Å². The van der Waals surface area contributed by atoms with Crippen LogP contribution in [0.2, 0.25) is 0 Å². The fraction of sp³-hybridized carbons (Fsp3) is 0.0606. The molecule has 0 fully saturated rings. The molecule has 11 aromatic carbocycles. The molecule has 2 aliphatic carbocycles. The van der Waals surface area contributed by atoms with Gasteiger partial charge in [-0.3, -0.25) is 0 Å². The topological polar surface area (TPSA) is 3.24 Å². The van der Waals surface area contributed by atoms with Crippen LogP contribution in [0.15, 0.2) is 237 Å². The molecule has 1 heterocycles. The van der Waals surface area contributed by atoms with Crippen LogP contribution in [0.5, 0.6) is 0 Å². The average molecular weight is 884 g/mol. The highest BCUT2D eigenvalue weighted by molar-refractivity contribution is 7.26. The highest BCUT2D eigenvalue weighted by atomic mass is 32.1. The summed E-state index contributed by atoms with van der Waals surface area (Å²) in [6, 6.07) is 89.0. The van der Waals surface area contributed by atoms with Crippen molar-refractivity contribution in [3.05, 3.63) is 270 Å². The van der Waals surface area contributed by atoms with Crippen molar-refractivity contribution in [2.45, 2.75) is 24.7 Å². The summed E-state index contributed by atoms with van der Waals surface area (Å²) in [4.78, 5) is 2.54. The van der Waals surface area contributed by atoms with Gasteiger partial charge in [0.15, 0.2) is 0 Å². The molecule has 14 rings (SSSR count). The lowest BCUT2D eigenvalue weighted by atomic mass is 9.67. The molecule has 0 atom stereocenters. The zero-order chi connectivity index (χ0) is 45.1. The van der Waals surface area contributed by atoms with Gasteiger partial charge in [0.2, 0.25) is 0 Å². The molecule has 0 unspecified atom stereocenters. The zero-order valence-corrected chi connectivity index (χ0v) is 38.7. The molecule has 0 aliphatic heterocycles.